The number of likely N-dealkylation sites (tertiary alicyclic amines) is 1. The summed E-state index contributed by atoms with van der Waals surface area (Å²) in [5.41, 5.74) is 1.61. The minimum atomic E-state index is -0.169. The zero-order valence-corrected chi connectivity index (χ0v) is 17.5. The molecule has 1 N–H and O–H groups in total. The molecule has 2 atom stereocenters. The van der Waals surface area contributed by atoms with E-state index in [1.165, 1.54) is 0 Å². The van der Waals surface area contributed by atoms with Crippen molar-refractivity contribution < 1.29 is 9.59 Å². The number of anilines is 1. The second-order valence-electron chi connectivity index (χ2n) is 8.21. The number of thiazole rings is 1. The molecule has 3 aliphatic rings. The topological polar surface area (TPSA) is 92.6 Å². The summed E-state index contributed by atoms with van der Waals surface area (Å²) in [4.78, 5) is 35.3. The van der Waals surface area contributed by atoms with Crippen molar-refractivity contribution in [3.05, 3.63) is 23.8 Å². The molecule has 0 radical (unpaired) electrons. The monoisotopic (exact) mass is 424 g/mol. The van der Waals surface area contributed by atoms with Crippen LogP contribution in [0.1, 0.15) is 18.4 Å². The number of hydrogen-bond donors (Lipinski definition) is 1. The first-order valence-electron chi connectivity index (χ1n) is 10.4. The Morgan fingerprint density at radius 1 is 1.23 bits per heavy atom. The Morgan fingerprint density at radius 3 is 2.80 bits per heavy atom. The minimum Gasteiger partial charge on any atom is -0.345 e. The molecule has 5 rings (SSSR count). The van der Waals surface area contributed by atoms with Crippen LogP contribution in [0.2, 0.25) is 0 Å². The van der Waals surface area contributed by atoms with Gasteiger partial charge in [0, 0.05) is 51.7 Å². The van der Waals surface area contributed by atoms with E-state index in [9.17, 15) is 9.59 Å². The van der Waals surface area contributed by atoms with E-state index in [4.69, 9.17) is 10.2 Å². The second-order valence-corrected chi connectivity index (χ2v) is 9.22. The van der Waals surface area contributed by atoms with Gasteiger partial charge in [0.25, 0.3) is 0 Å². The summed E-state index contributed by atoms with van der Waals surface area (Å²) in [6.45, 7) is 5.34. The number of nitriles is 1. The fourth-order valence-electron chi connectivity index (χ4n) is 4.62. The molecule has 4 heterocycles. The van der Waals surface area contributed by atoms with Crippen molar-refractivity contribution in [2.45, 2.75) is 24.9 Å². The molecule has 0 bridgehead atoms. The number of piperazine rings is 1. The number of ketones is 1. The molecule has 3 fully saturated rings. The van der Waals surface area contributed by atoms with E-state index in [2.05, 4.69) is 21.2 Å². The zero-order chi connectivity index (χ0) is 20.7. The number of benzene rings is 1. The van der Waals surface area contributed by atoms with Gasteiger partial charge in [-0.3, -0.25) is 14.5 Å². The Morgan fingerprint density at radius 2 is 2.07 bits per heavy atom. The number of amides is 1. The van der Waals surface area contributed by atoms with Crippen molar-refractivity contribution in [2.24, 2.45) is 0 Å². The average Bonchev–Trinajstić information content (AvgIpc) is 3.52. The number of nitrogens with one attached hydrogen (secondary N) is 1. The SMILES string of the molecule is N#Cc1ccc2nc(N3CCN([C@@H]4CN[C@H](C(=O)N5CCC(=O)C5)C4)CC3)sc2c1. The predicted molar refractivity (Wildman–Crippen MR) is 115 cm³/mol. The first kappa shape index (κ1) is 19.4. The lowest BCUT2D eigenvalue weighted by molar-refractivity contribution is -0.133. The molecule has 156 valence electrons. The van der Waals surface area contributed by atoms with Gasteiger partial charge in [-0.25, -0.2) is 4.98 Å². The van der Waals surface area contributed by atoms with Crippen LogP contribution in [0.5, 0.6) is 0 Å². The molecular weight excluding hydrogens is 400 g/mol. The number of carbonyl (C=O) groups excluding carboxylic acids is 2. The van der Waals surface area contributed by atoms with Crippen LogP contribution in [0, 0.1) is 11.3 Å². The van der Waals surface area contributed by atoms with Gasteiger partial charge in [0.05, 0.1) is 34.4 Å². The fourth-order valence-corrected chi connectivity index (χ4v) is 5.67. The summed E-state index contributed by atoms with van der Waals surface area (Å²) in [5.74, 6) is 0.237. The highest BCUT2D eigenvalue weighted by atomic mass is 32.1. The summed E-state index contributed by atoms with van der Waals surface area (Å²) in [6, 6.07) is 8.00. The highest BCUT2D eigenvalue weighted by Crippen LogP contribution is 2.30. The molecule has 0 aliphatic carbocycles. The Kier molecular flexibility index (Phi) is 5.15. The molecule has 3 saturated heterocycles. The molecule has 1 amide bonds. The van der Waals surface area contributed by atoms with Gasteiger partial charge in [-0.2, -0.15) is 5.26 Å². The van der Waals surface area contributed by atoms with Crippen molar-refractivity contribution in [3.63, 3.8) is 0 Å². The van der Waals surface area contributed by atoms with Gasteiger partial charge in [0.1, 0.15) is 0 Å². The quantitative estimate of drug-likeness (QED) is 0.780. The summed E-state index contributed by atoms with van der Waals surface area (Å²) in [7, 11) is 0. The Hall–Kier alpha value is -2.54. The van der Waals surface area contributed by atoms with Crippen molar-refractivity contribution in [2.75, 3.05) is 50.7 Å². The van der Waals surface area contributed by atoms with E-state index in [1.54, 1.807) is 16.2 Å². The van der Waals surface area contributed by atoms with Gasteiger partial charge < -0.3 is 15.1 Å². The smallest absolute Gasteiger partial charge is 0.240 e. The van der Waals surface area contributed by atoms with Crippen LogP contribution in [0.4, 0.5) is 5.13 Å². The lowest BCUT2D eigenvalue weighted by atomic mass is 10.1. The number of aromatic nitrogens is 1. The maximum Gasteiger partial charge on any atom is 0.240 e. The van der Waals surface area contributed by atoms with E-state index in [0.29, 0.717) is 24.6 Å². The van der Waals surface area contributed by atoms with Gasteiger partial charge in [-0.1, -0.05) is 11.3 Å². The Bertz CT molecular complexity index is 1020. The number of carbonyl (C=O) groups is 2. The lowest BCUT2D eigenvalue weighted by Crippen LogP contribution is -2.51. The van der Waals surface area contributed by atoms with Crippen LogP contribution in [-0.4, -0.2) is 84.4 Å². The van der Waals surface area contributed by atoms with Crippen LogP contribution in [0.3, 0.4) is 0 Å². The van der Waals surface area contributed by atoms with E-state index < -0.39 is 0 Å². The van der Waals surface area contributed by atoms with Crippen LogP contribution in [0.25, 0.3) is 10.2 Å². The molecule has 8 nitrogen and oxygen atoms in total. The average molecular weight is 425 g/mol. The number of fused-ring (bicyclic) bond motifs is 1. The minimum absolute atomic E-state index is 0.0770. The highest BCUT2D eigenvalue weighted by Gasteiger charge is 2.37. The maximum absolute atomic E-state index is 12.6. The third-order valence-corrected chi connectivity index (χ3v) is 7.43. The number of hydrogen-bond acceptors (Lipinski definition) is 8. The molecule has 3 aliphatic heterocycles. The van der Waals surface area contributed by atoms with E-state index in [-0.39, 0.29) is 24.3 Å². The normalized spacial score (nSPS) is 25.2. The van der Waals surface area contributed by atoms with Gasteiger partial charge in [0.2, 0.25) is 5.91 Å². The van der Waals surface area contributed by atoms with Crippen LogP contribution in [-0.2, 0) is 9.59 Å². The summed E-state index contributed by atoms with van der Waals surface area (Å²) in [5, 5.41) is 13.5. The molecule has 0 spiro atoms. The van der Waals surface area contributed by atoms with Gasteiger partial charge in [-0.05, 0) is 24.6 Å². The summed E-state index contributed by atoms with van der Waals surface area (Å²) in [6.07, 6.45) is 1.30. The number of Topliss-reactive ketones (excluding diaryl/α,β-unsaturated/α-hetero) is 1. The lowest BCUT2D eigenvalue weighted by Gasteiger charge is -2.37. The second kappa shape index (κ2) is 7.95. The Labute approximate surface area is 179 Å². The zero-order valence-electron chi connectivity index (χ0n) is 16.7. The Balaban J connectivity index is 1.17. The van der Waals surface area contributed by atoms with Crippen LogP contribution in [0.15, 0.2) is 18.2 Å². The molecule has 0 saturated carbocycles. The molecule has 30 heavy (non-hydrogen) atoms. The fraction of sp³-hybridized carbons (Fsp3) is 0.524. The summed E-state index contributed by atoms with van der Waals surface area (Å²) >= 11 is 1.64. The third-order valence-electron chi connectivity index (χ3n) is 6.35. The molecule has 9 heteroatoms. The van der Waals surface area contributed by atoms with Crippen molar-refractivity contribution in [1.82, 2.24) is 20.1 Å². The van der Waals surface area contributed by atoms with Gasteiger partial charge in [-0.15, -0.1) is 0 Å². The maximum atomic E-state index is 12.6. The number of rotatable bonds is 3. The van der Waals surface area contributed by atoms with E-state index >= 15 is 0 Å². The van der Waals surface area contributed by atoms with E-state index in [1.807, 2.05) is 18.2 Å². The third kappa shape index (κ3) is 3.67. The van der Waals surface area contributed by atoms with Crippen LogP contribution < -0.4 is 10.2 Å². The standard InChI is InChI=1S/C21H24N6O2S/c22-11-14-1-2-17-19(9-14)30-21(24-17)26-7-5-25(6-8-26)15-10-18(23-12-15)20(29)27-4-3-16(28)13-27/h1-2,9,15,18,23H,3-8,10,12-13H2/t15-,18-/m0/s1. The number of nitrogens with zero attached hydrogens (tertiary/aromatic N) is 5. The van der Waals surface area contributed by atoms with Gasteiger partial charge >= 0.3 is 0 Å². The largest absolute Gasteiger partial charge is 0.345 e. The van der Waals surface area contributed by atoms with E-state index in [0.717, 1.165) is 54.5 Å². The first-order chi connectivity index (χ1) is 14.6. The molecule has 1 aromatic carbocycles. The molecular formula is C21H24N6O2S. The van der Waals surface area contributed by atoms with Crippen LogP contribution >= 0.6 is 11.3 Å². The van der Waals surface area contributed by atoms with Crippen molar-refractivity contribution in [1.29, 1.82) is 5.26 Å². The highest BCUT2D eigenvalue weighted by molar-refractivity contribution is 7.22. The summed E-state index contributed by atoms with van der Waals surface area (Å²) < 4.78 is 1.05. The van der Waals surface area contributed by atoms with Gasteiger partial charge in [0.15, 0.2) is 10.9 Å². The predicted octanol–water partition coefficient (Wildman–Crippen LogP) is 0.822. The molecule has 1 aromatic heterocycles. The molecule has 0 unspecified atom stereocenters. The van der Waals surface area contributed by atoms with Crippen molar-refractivity contribution >= 4 is 38.4 Å². The van der Waals surface area contributed by atoms with Crippen molar-refractivity contribution in [3.8, 4) is 6.07 Å². The first-order valence-corrected chi connectivity index (χ1v) is 11.3. The molecule has 2 aromatic rings.